The van der Waals surface area contributed by atoms with E-state index < -0.39 is 9.84 Å². The third-order valence-electron chi connectivity index (χ3n) is 2.50. The molecule has 0 bridgehead atoms. The van der Waals surface area contributed by atoms with E-state index in [4.69, 9.17) is 0 Å². The molecule has 82 valence electrons. The molecule has 5 nitrogen and oxygen atoms in total. The van der Waals surface area contributed by atoms with Gasteiger partial charge in [0.25, 0.3) is 0 Å². The average Bonchev–Trinajstić information content (AvgIpc) is 2.46. The molecule has 0 radical (unpaired) electrons. The van der Waals surface area contributed by atoms with Crippen LogP contribution in [0.3, 0.4) is 0 Å². The largest absolute Gasteiger partial charge is 0.358 e. The third-order valence-corrected chi connectivity index (χ3v) is 4.25. The minimum absolute atomic E-state index is 0.00250. The predicted molar refractivity (Wildman–Crippen MR) is 53.8 cm³/mol. The molecule has 1 aliphatic heterocycles. The number of carbonyl (C=O) groups is 1. The number of rotatable bonds is 3. The van der Waals surface area contributed by atoms with Crippen molar-refractivity contribution in [2.45, 2.75) is 12.5 Å². The van der Waals surface area contributed by atoms with Crippen LogP contribution in [-0.4, -0.2) is 57.4 Å². The number of nitrogens with one attached hydrogen (secondary N) is 1. The molecule has 0 aromatic carbocycles. The summed E-state index contributed by atoms with van der Waals surface area (Å²) in [5.74, 6) is 0.341. The zero-order valence-corrected chi connectivity index (χ0v) is 9.30. The minimum Gasteiger partial charge on any atom is -0.358 e. The molecule has 1 atom stereocenters. The van der Waals surface area contributed by atoms with Crippen molar-refractivity contribution in [1.29, 1.82) is 0 Å². The number of hydrogen-bond acceptors (Lipinski definition) is 4. The number of likely N-dealkylation sites (N-methyl/N-ethyl adjacent to an activating group) is 2. The number of amides is 1. The lowest BCUT2D eigenvalue weighted by Crippen LogP contribution is -2.40. The highest BCUT2D eigenvalue weighted by molar-refractivity contribution is 7.91. The number of hydrogen-bond donors (Lipinski definition) is 1. The Hall–Kier alpha value is -0.620. The molecule has 1 saturated heterocycles. The van der Waals surface area contributed by atoms with Gasteiger partial charge in [0.15, 0.2) is 9.84 Å². The van der Waals surface area contributed by atoms with Crippen LogP contribution in [0.2, 0.25) is 0 Å². The molecular weight excluding hydrogens is 204 g/mol. The Labute approximate surface area is 84.4 Å². The quantitative estimate of drug-likeness (QED) is 0.652. The van der Waals surface area contributed by atoms with Crippen LogP contribution in [-0.2, 0) is 14.6 Å². The maximum Gasteiger partial charge on any atom is 0.233 e. The van der Waals surface area contributed by atoms with E-state index >= 15 is 0 Å². The zero-order valence-electron chi connectivity index (χ0n) is 8.49. The fourth-order valence-corrected chi connectivity index (χ4v) is 3.36. The van der Waals surface area contributed by atoms with E-state index in [-0.39, 0.29) is 30.0 Å². The van der Waals surface area contributed by atoms with Gasteiger partial charge >= 0.3 is 0 Å². The lowest BCUT2D eigenvalue weighted by molar-refractivity contribution is -0.121. The minimum atomic E-state index is -2.86. The highest BCUT2D eigenvalue weighted by Gasteiger charge is 2.30. The van der Waals surface area contributed by atoms with Gasteiger partial charge in [-0.05, 0) is 13.5 Å². The van der Waals surface area contributed by atoms with E-state index in [2.05, 4.69) is 5.32 Å². The topological polar surface area (TPSA) is 66.5 Å². The highest BCUT2D eigenvalue weighted by atomic mass is 32.2. The van der Waals surface area contributed by atoms with E-state index in [0.29, 0.717) is 6.42 Å². The molecule has 1 amide bonds. The summed E-state index contributed by atoms with van der Waals surface area (Å²) in [6.45, 7) is 0.261. The van der Waals surface area contributed by atoms with Gasteiger partial charge in [-0.15, -0.1) is 0 Å². The van der Waals surface area contributed by atoms with Crippen LogP contribution in [0, 0.1) is 0 Å². The Balaban J connectivity index is 2.47. The maximum atomic E-state index is 11.2. The number of nitrogens with zero attached hydrogens (tertiary/aromatic N) is 1. The van der Waals surface area contributed by atoms with Gasteiger partial charge < -0.3 is 5.32 Å². The smallest absolute Gasteiger partial charge is 0.233 e. The van der Waals surface area contributed by atoms with Gasteiger partial charge in [0.05, 0.1) is 18.1 Å². The Morgan fingerprint density at radius 2 is 2.21 bits per heavy atom. The summed E-state index contributed by atoms with van der Waals surface area (Å²) < 4.78 is 22.3. The molecule has 1 heterocycles. The van der Waals surface area contributed by atoms with Crippen molar-refractivity contribution in [2.24, 2.45) is 0 Å². The third kappa shape index (κ3) is 2.95. The summed E-state index contributed by atoms with van der Waals surface area (Å²) >= 11 is 0. The van der Waals surface area contributed by atoms with Crippen LogP contribution in [0.4, 0.5) is 0 Å². The molecule has 0 aromatic rings. The van der Waals surface area contributed by atoms with Crippen molar-refractivity contribution < 1.29 is 13.2 Å². The van der Waals surface area contributed by atoms with Crippen molar-refractivity contribution >= 4 is 15.7 Å². The fourth-order valence-electron chi connectivity index (χ4n) is 1.56. The van der Waals surface area contributed by atoms with Gasteiger partial charge in [-0.2, -0.15) is 0 Å². The van der Waals surface area contributed by atoms with Gasteiger partial charge in [-0.25, -0.2) is 8.42 Å². The van der Waals surface area contributed by atoms with Gasteiger partial charge in [0.1, 0.15) is 0 Å². The normalized spacial score (nSPS) is 25.2. The first-order chi connectivity index (χ1) is 6.44. The second-order valence-corrected chi connectivity index (χ2v) is 5.87. The van der Waals surface area contributed by atoms with Gasteiger partial charge in [-0.3, -0.25) is 9.69 Å². The summed E-state index contributed by atoms with van der Waals surface area (Å²) in [6.07, 6.45) is 0.635. The Morgan fingerprint density at radius 3 is 2.64 bits per heavy atom. The first-order valence-electron chi connectivity index (χ1n) is 4.56. The van der Waals surface area contributed by atoms with Crippen LogP contribution in [0.5, 0.6) is 0 Å². The lowest BCUT2D eigenvalue weighted by atomic mass is 10.2. The Morgan fingerprint density at radius 1 is 1.57 bits per heavy atom. The molecule has 0 aliphatic carbocycles. The van der Waals surface area contributed by atoms with Crippen molar-refractivity contribution in [1.82, 2.24) is 10.2 Å². The SMILES string of the molecule is CNC(=O)CN(C)C1CCS(=O)(=O)C1. The maximum absolute atomic E-state index is 11.2. The fraction of sp³-hybridized carbons (Fsp3) is 0.875. The van der Waals surface area contributed by atoms with Gasteiger partial charge in [0, 0.05) is 13.1 Å². The second kappa shape index (κ2) is 4.27. The molecule has 1 unspecified atom stereocenters. The zero-order chi connectivity index (χ0) is 10.8. The molecular formula is C8H16N2O3S. The number of carbonyl (C=O) groups excluding carboxylic acids is 1. The van der Waals surface area contributed by atoms with E-state index in [0.717, 1.165) is 0 Å². The summed E-state index contributed by atoms with van der Waals surface area (Å²) in [5.41, 5.74) is 0. The van der Waals surface area contributed by atoms with E-state index in [1.165, 1.54) is 0 Å². The van der Waals surface area contributed by atoms with Crippen LogP contribution >= 0.6 is 0 Å². The highest BCUT2D eigenvalue weighted by Crippen LogP contribution is 2.15. The lowest BCUT2D eigenvalue weighted by Gasteiger charge is -2.21. The van der Waals surface area contributed by atoms with Crippen molar-refractivity contribution in [2.75, 3.05) is 32.1 Å². The molecule has 1 rings (SSSR count). The molecule has 14 heavy (non-hydrogen) atoms. The van der Waals surface area contributed by atoms with E-state index in [1.807, 2.05) is 0 Å². The molecule has 0 saturated carbocycles. The summed E-state index contributed by atoms with van der Waals surface area (Å²) in [7, 11) is 0.493. The predicted octanol–water partition coefficient (Wildman–Crippen LogP) is -1.15. The molecule has 0 spiro atoms. The van der Waals surface area contributed by atoms with Crippen LogP contribution in [0.1, 0.15) is 6.42 Å². The van der Waals surface area contributed by atoms with Crippen LogP contribution in [0.25, 0.3) is 0 Å². The van der Waals surface area contributed by atoms with E-state index in [9.17, 15) is 13.2 Å². The van der Waals surface area contributed by atoms with Crippen molar-refractivity contribution in [3.8, 4) is 0 Å². The second-order valence-electron chi connectivity index (χ2n) is 3.65. The Kier molecular flexibility index (Phi) is 3.49. The molecule has 1 N–H and O–H groups in total. The van der Waals surface area contributed by atoms with Gasteiger partial charge in [-0.1, -0.05) is 0 Å². The van der Waals surface area contributed by atoms with Crippen molar-refractivity contribution in [3.63, 3.8) is 0 Å². The van der Waals surface area contributed by atoms with Gasteiger partial charge in [0.2, 0.25) is 5.91 Å². The number of sulfone groups is 1. The molecule has 1 fully saturated rings. The van der Waals surface area contributed by atoms with E-state index in [1.54, 1.807) is 19.0 Å². The average molecular weight is 220 g/mol. The summed E-state index contributed by atoms with van der Waals surface area (Å²) in [6, 6.07) is -0.00250. The monoisotopic (exact) mass is 220 g/mol. The molecule has 0 aromatic heterocycles. The summed E-state index contributed by atoms with van der Waals surface area (Å²) in [4.78, 5) is 12.8. The van der Waals surface area contributed by atoms with Crippen LogP contribution < -0.4 is 5.32 Å². The Bertz CT molecular complexity index is 313. The first kappa shape index (κ1) is 11.5. The first-order valence-corrected chi connectivity index (χ1v) is 6.38. The van der Waals surface area contributed by atoms with Crippen molar-refractivity contribution in [3.05, 3.63) is 0 Å². The standard InChI is InChI=1S/C8H16N2O3S/c1-9-8(11)5-10(2)7-3-4-14(12,13)6-7/h7H,3-6H2,1-2H3,(H,9,11). The molecule has 6 heteroatoms. The van der Waals surface area contributed by atoms with Crippen LogP contribution in [0.15, 0.2) is 0 Å². The molecule has 1 aliphatic rings. The summed E-state index contributed by atoms with van der Waals surface area (Å²) in [5, 5.41) is 2.51.